The van der Waals surface area contributed by atoms with Crippen LogP contribution in [-0.2, 0) is 46.8 Å². The fraction of sp³-hybridized carbons (Fsp3) is 0.639. The molecule has 1 aromatic carbocycles. The molecule has 3 aliphatic heterocycles. The van der Waals surface area contributed by atoms with E-state index in [0.29, 0.717) is 45.2 Å². The van der Waals surface area contributed by atoms with Crippen LogP contribution in [-0.4, -0.2) is 95.8 Å². The maximum absolute atomic E-state index is 14.3. The Balaban J connectivity index is 1.25. The summed E-state index contributed by atoms with van der Waals surface area (Å²) >= 11 is 0. The molecule has 0 radical (unpaired) electrons. The molecular weight excluding hydrogens is 678 g/mol. The van der Waals surface area contributed by atoms with Gasteiger partial charge in [0.05, 0.1) is 11.8 Å². The Hall–Kier alpha value is -4.14. The summed E-state index contributed by atoms with van der Waals surface area (Å²) in [5.41, 5.74) is -0.151. The summed E-state index contributed by atoms with van der Waals surface area (Å²) < 4.78 is 39.1. The zero-order valence-corrected chi connectivity index (χ0v) is 30.3. The lowest BCUT2D eigenvalue weighted by Crippen LogP contribution is -2.58. The van der Waals surface area contributed by atoms with Crippen molar-refractivity contribution in [2.45, 2.75) is 126 Å². The van der Waals surface area contributed by atoms with Gasteiger partial charge in [0.1, 0.15) is 29.3 Å². The number of sulfonamides is 1. The van der Waals surface area contributed by atoms with Crippen molar-refractivity contribution in [3.63, 3.8) is 0 Å². The number of nitrogens with one attached hydrogen (secondary N) is 3. The Kier molecular flexibility index (Phi) is 10.4. The van der Waals surface area contributed by atoms with E-state index in [4.69, 9.17) is 9.47 Å². The minimum Gasteiger partial charge on any atom is -0.444 e. The van der Waals surface area contributed by atoms with E-state index < -0.39 is 80.4 Å². The zero-order chi connectivity index (χ0) is 36.6. The van der Waals surface area contributed by atoms with E-state index in [2.05, 4.69) is 15.4 Å². The lowest BCUT2D eigenvalue weighted by Gasteiger charge is -2.30. The van der Waals surface area contributed by atoms with E-state index >= 15 is 0 Å². The van der Waals surface area contributed by atoms with Gasteiger partial charge < -0.3 is 29.9 Å². The smallest absolute Gasteiger partial charge is 0.410 e. The van der Waals surface area contributed by atoms with E-state index in [9.17, 15) is 32.4 Å². The van der Waals surface area contributed by atoms with Gasteiger partial charge in [-0.3, -0.25) is 19.1 Å². The molecule has 3 N–H and O–H groups in total. The number of hydrogen-bond donors (Lipinski definition) is 3. The quantitative estimate of drug-likeness (QED) is 0.385. The number of carbonyl (C=O) groups is 5. The first kappa shape index (κ1) is 36.6. The second kappa shape index (κ2) is 14.5. The molecule has 5 aliphatic rings. The zero-order valence-electron chi connectivity index (χ0n) is 29.5. The van der Waals surface area contributed by atoms with Crippen LogP contribution < -0.4 is 15.4 Å². The highest BCUT2D eigenvalue weighted by atomic mass is 32.2. The van der Waals surface area contributed by atoms with Gasteiger partial charge in [0.25, 0.3) is 5.91 Å². The van der Waals surface area contributed by atoms with Crippen LogP contribution in [0.15, 0.2) is 36.4 Å². The normalized spacial score (nSPS) is 28.5. The van der Waals surface area contributed by atoms with Crippen molar-refractivity contribution in [1.82, 2.24) is 25.2 Å². The Labute approximate surface area is 299 Å². The number of alkyl carbamates (subject to hydrolysis) is 1. The molecular formula is C36H49N5O9S. The van der Waals surface area contributed by atoms with E-state index in [1.807, 2.05) is 36.4 Å². The highest BCUT2D eigenvalue weighted by Gasteiger charge is 2.62. The summed E-state index contributed by atoms with van der Waals surface area (Å²) in [5, 5.41) is 4.89. The largest absolute Gasteiger partial charge is 0.444 e. The van der Waals surface area contributed by atoms with Crippen molar-refractivity contribution in [1.29, 1.82) is 0 Å². The van der Waals surface area contributed by atoms with E-state index in [0.717, 1.165) is 24.0 Å². The highest BCUT2D eigenvalue weighted by Crippen LogP contribution is 2.46. The van der Waals surface area contributed by atoms with Crippen molar-refractivity contribution < 1.29 is 41.9 Å². The summed E-state index contributed by atoms with van der Waals surface area (Å²) in [6, 6.07) is 5.67. The average Bonchev–Trinajstić information content (AvgIpc) is 3.99. The number of carbonyl (C=O) groups excluding carboxylic acids is 5. The van der Waals surface area contributed by atoms with E-state index in [1.54, 1.807) is 25.7 Å². The third-order valence-electron chi connectivity index (χ3n) is 10.2. The first-order valence-electron chi connectivity index (χ1n) is 18.0. The third kappa shape index (κ3) is 8.67. The topological polar surface area (TPSA) is 181 Å². The third-order valence-corrected chi connectivity index (χ3v) is 12.0. The first-order chi connectivity index (χ1) is 24.1. The van der Waals surface area contributed by atoms with Gasteiger partial charge in [0, 0.05) is 25.4 Å². The minimum absolute atomic E-state index is 0.0501. The fourth-order valence-corrected chi connectivity index (χ4v) is 8.53. The summed E-state index contributed by atoms with van der Waals surface area (Å²) in [6.07, 6.45) is 6.43. The Morgan fingerprint density at radius 2 is 1.76 bits per heavy atom. The Morgan fingerprint density at radius 3 is 2.49 bits per heavy atom. The van der Waals surface area contributed by atoms with Crippen LogP contribution in [0, 0.1) is 5.92 Å². The SMILES string of the molecule is CC(C)(C)OC(=O)N[C@H]1CCCCCC=C[C@@H]2C[C@@]2(C(=O)NS(=O)(=O)C2CC2)NC(=O)C2C[C@@H](OC(=O)N3CCc4ccccc4C3)CN2C1=O. The standard InChI is InChI=1S/C36H49N5O9S/c1-35(2,3)50-33(45)37-28-14-8-6-4-5-7-13-25-20-36(25,32(44)39-51(47,48)27-15-16-27)38-30(42)29-19-26(22-41(29)31(28)43)49-34(46)40-18-17-23-11-9-10-12-24(23)21-40/h7,9-13,25-29H,4-6,8,14-22H2,1-3H3,(H,37,45)(H,38,42)(H,39,44)/t25-,26-,28+,29?,36-/m1/s1. The van der Waals surface area contributed by atoms with Crippen molar-refractivity contribution in [3.05, 3.63) is 47.5 Å². The number of amides is 5. The monoisotopic (exact) mass is 727 g/mol. The second-order valence-corrected chi connectivity index (χ2v) is 17.4. The molecule has 15 heteroatoms. The minimum atomic E-state index is -3.89. The lowest BCUT2D eigenvalue weighted by molar-refractivity contribution is -0.141. The van der Waals surface area contributed by atoms with Crippen molar-refractivity contribution in [3.8, 4) is 0 Å². The van der Waals surface area contributed by atoms with Crippen LogP contribution in [0.4, 0.5) is 9.59 Å². The molecule has 3 fully saturated rings. The number of hydrogen-bond acceptors (Lipinski definition) is 9. The van der Waals surface area contributed by atoms with Crippen LogP contribution >= 0.6 is 0 Å². The summed E-state index contributed by atoms with van der Waals surface area (Å²) in [7, 11) is -3.89. The number of ether oxygens (including phenoxy) is 2. The van der Waals surface area contributed by atoms with Crippen LogP contribution in [0.25, 0.3) is 0 Å². The van der Waals surface area contributed by atoms with Crippen LogP contribution in [0.2, 0.25) is 0 Å². The fourth-order valence-electron chi connectivity index (χ4n) is 7.17. The summed E-state index contributed by atoms with van der Waals surface area (Å²) in [4.78, 5) is 71.3. The van der Waals surface area contributed by atoms with E-state index in [1.165, 1.54) is 4.90 Å². The molecule has 3 heterocycles. The number of nitrogens with zero attached hydrogens (tertiary/aromatic N) is 2. The molecule has 1 unspecified atom stereocenters. The van der Waals surface area contributed by atoms with Crippen molar-refractivity contribution in [2.24, 2.45) is 5.92 Å². The number of benzene rings is 1. The van der Waals surface area contributed by atoms with E-state index in [-0.39, 0.29) is 25.8 Å². The van der Waals surface area contributed by atoms with Gasteiger partial charge >= 0.3 is 12.2 Å². The maximum atomic E-state index is 14.3. The first-order valence-corrected chi connectivity index (χ1v) is 19.6. The summed E-state index contributed by atoms with van der Waals surface area (Å²) in [6.45, 7) is 5.85. The Bertz CT molecular complexity index is 1690. The molecule has 278 valence electrons. The van der Waals surface area contributed by atoms with Crippen LogP contribution in [0.5, 0.6) is 0 Å². The Morgan fingerprint density at radius 1 is 1.02 bits per heavy atom. The number of rotatable bonds is 5. The molecule has 1 saturated heterocycles. The average molecular weight is 728 g/mol. The van der Waals surface area contributed by atoms with Crippen molar-refractivity contribution >= 4 is 39.9 Å². The molecule has 14 nitrogen and oxygen atoms in total. The number of fused-ring (bicyclic) bond motifs is 3. The molecule has 5 amide bonds. The molecule has 51 heavy (non-hydrogen) atoms. The molecule has 2 aliphatic carbocycles. The van der Waals surface area contributed by atoms with Crippen molar-refractivity contribution in [2.75, 3.05) is 13.1 Å². The predicted octanol–water partition coefficient (Wildman–Crippen LogP) is 3.05. The molecule has 6 rings (SSSR count). The summed E-state index contributed by atoms with van der Waals surface area (Å²) in [5.74, 6) is -2.46. The maximum Gasteiger partial charge on any atom is 0.410 e. The van der Waals surface area contributed by atoms with Crippen LogP contribution in [0.3, 0.4) is 0 Å². The second-order valence-electron chi connectivity index (χ2n) is 15.4. The molecule has 2 saturated carbocycles. The molecule has 5 atom stereocenters. The van der Waals surface area contributed by atoms with Crippen LogP contribution in [0.1, 0.15) is 89.7 Å². The molecule has 0 spiro atoms. The van der Waals surface area contributed by atoms with Gasteiger partial charge in [-0.25, -0.2) is 18.0 Å². The van der Waals surface area contributed by atoms with Gasteiger partial charge in [-0.1, -0.05) is 49.3 Å². The van der Waals surface area contributed by atoms with Gasteiger partial charge in [-0.2, -0.15) is 0 Å². The van der Waals surface area contributed by atoms with Gasteiger partial charge in [-0.15, -0.1) is 0 Å². The van der Waals surface area contributed by atoms with Gasteiger partial charge in [0.15, 0.2) is 0 Å². The van der Waals surface area contributed by atoms with Gasteiger partial charge in [-0.05, 0) is 76.8 Å². The lowest BCUT2D eigenvalue weighted by atomic mass is 10.0. The molecule has 0 aromatic heterocycles. The number of allylic oxidation sites excluding steroid dienone is 1. The molecule has 0 bridgehead atoms. The highest BCUT2D eigenvalue weighted by molar-refractivity contribution is 7.91. The van der Waals surface area contributed by atoms with Gasteiger partial charge in [0.2, 0.25) is 21.8 Å². The predicted molar refractivity (Wildman–Crippen MR) is 185 cm³/mol. The molecule has 1 aromatic rings.